The highest BCUT2D eigenvalue weighted by Crippen LogP contribution is 2.25. The van der Waals surface area contributed by atoms with E-state index in [9.17, 15) is 4.79 Å². The molecule has 1 aromatic rings. The van der Waals surface area contributed by atoms with Gasteiger partial charge in [0.15, 0.2) is 0 Å². The average Bonchev–Trinajstić information content (AvgIpc) is 3.09. The lowest BCUT2D eigenvalue weighted by atomic mass is 9.96. The molecule has 3 rings (SSSR count). The lowest BCUT2D eigenvalue weighted by molar-refractivity contribution is -0.133. The first-order valence-electron chi connectivity index (χ1n) is 8.47. The van der Waals surface area contributed by atoms with Gasteiger partial charge in [-0.1, -0.05) is 18.6 Å². The number of imidazole rings is 1. The number of hydrogen-bond acceptors (Lipinski definition) is 3. The summed E-state index contributed by atoms with van der Waals surface area (Å²) in [4.78, 5) is 24.6. The Bertz CT molecular complexity index is 523. The number of rotatable bonds is 4. The fraction of sp³-hybridized carbons (Fsp3) is 0.647. The number of H-pyrrole nitrogens is 1. The van der Waals surface area contributed by atoms with E-state index in [0.717, 1.165) is 44.8 Å². The van der Waals surface area contributed by atoms with Gasteiger partial charge in [0, 0.05) is 38.4 Å². The van der Waals surface area contributed by atoms with Crippen molar-refractivity contribution in [2.75, 3.05) is 26.2 Å². The van der Waals surface area contributed by atoms with Gasteiger partial charge in [-0.2, -0.15) is 0 Å². The number of likely N-dealkylation sites (N-methyl/N-ethyl adjacent to an activating group) is 1. The van der Waals surface area contributed by atoms with E-state index in [1.165, 1.54) is 18.4 Å². The minimum atomic E-state index is 0.193. The van der Waals surface area contributed by atoms with Crippen molar-refractivity contribution in [1.29, 1.82) is 0 Å². The van der Waals surface area contributed by atoms with E-state index < -0.39 is 0 Å². The molecule has 2 heterocycles. The van der Waals surface area contributed by atoms with E-state index in [1.54, 1.807) is 6.20 Å². The molecule has 1 fully saturated rings. The minimum Gasteiger partial charge on any atom is -0.347 e. The zero-order valence-corrected chi connectivity index (χ0v) is 13.4. The molecule has 1 atom stereocenters. The van der Waals surface area contributed by atoms with Gasteiger partial charge in [0.2, 0.25) is 5.91 Å². The molecule has 0 saturated carbocycles. The maximum absolute atomic E-state index is 12.6. The van der Waals surface area contributed by atoms with Crippen LogP contribution < -0.4 is 0 Å². The Labute approximate surface area is 132 Å². The second-order valence-electron chi connectivity index (χ2n) is 6.24. The van der Waals surface area contributed by atoms with Crippen LogP contribution in [-0.4, -0.2) is 51.9 Å². The number of carbonyl (C=O) groups is 1. The molecule has 0 radical (unpaired) electrons. The maximum Gasteiger partial charge on any atom is 0.226 e. The second-order valence-corrected chi connectivity index (χ2v) is 6.24. The first-order valence-corrected chi connectivity index (χ1v) is 8.47. The summed E-state index contributed by atoms with van der Waals surface area (Å²) in [6.45, 7) is 5.65. The third-order valence-corrected chi connectivity index (χ3v) is 4.85. The van der Waals surface area contributed by atoms with Crippen LogP contribution in [0.5, 0.6) is 0 Å². The number of aromatic amines is 1. The first-order chi connectivity index (χ1) is 10.8. The van der Waals surface area contributed by atoms with Gasteiger partial charge < -0.3 is 9.88 Å². The summed E-state index contributed by atoms with van der Waals surface area (Å²) < 4.78 is 0. The average molecular weight is 302 g/mol. The normalized spacial score (nSPS) is 23.4. The van der Waals surface area contributed by atoms with E-state index in [-0.39, 0.29) is 11.9 Å². The molecule has 0 aromatic carbocycles. The number of carbonyl (C=O) groups excluding carboxylic acids is 1. The van der Waals surface area contributed by atoms with Crippen molar-refractivity contribution >= 4 is 5.91 Å². The van der Waals surface area contributed by atoms with Crippen molar-refractivity contribution in [2.24, 2.45) is 0 Å². The van der Waals surface area contributed by atoms with Gasteiger partial charge in [0.25, 0.3) is 0 Å². The predicted molar refractivity (Wildman–Crippen MR) is 86.3 cm³/mol. The molecule has 1 aromatic heterocycles. The zero-order chi connectivity index (χ0) is 15.4. The van der Waals surface area contributed by atoms with Gasteiger partial charge in [0.1, 0.15) is 5.82 Å². The van der Waals surface area contributed by atoms with Crippen LogP contribution in [0.25, 0.3) is 0 Å². The fourth-order valence-corrected chi connectivity index (χ4v) is 3.52. The van der Waals surface area contributed by atoms with E-state index in [0.29, 0.717) is 6.42 Å². The molecule has 1 unspecified atom stereocenters. The SMILES string of the molecule is CCN1CCN(C(=O)CC2=CCCCC2)CC1c1ncc[nH]1. The molecule has 0 spiro atoms. The maximum atomic E-state index is 12.6. The molecule has 1 aliphatic heterocycles. The van der Waals surface area contributed by atoms with E-state index in [2.05, 4.69) is 27.9 Å². The predicted octanol–water partition coefficient (Wildman–Crippen LogP) is 2.51. The molecule has 2 aliphatic rings. The third kappa shape index (κ3) is 3.40. The standard InChI is InChI=1S/C17H26N4O/c1-2-20-10-11-21(13-15(20)17-18-8-9-19-17)16(22)12-14-6-4-3-5-7-14/h6,8-9,15H,2-5,7,10-13H2,1H3,(H,18,19). The molecular weight excluding hydrogens is 276 g/mol. The molecule has 120 valence electrons. The van der Waals surface area contributed by atoms with Crippen molar-refractivity contribution in [3.8, 4) is 0 Å². The zero-order valence-electron chi connectivity index (χ0n) is 13.4. The van der Waals surface area contributed by atoms with Crippen molar-refractivity contribution in [3.05, 3.63) is 29.9 Å². The summed E-state index contributed by atoms with van der Waals surface area (Å²) in [5.41, 5.74) is 1.34. The number of nitrogens with one attached hydrogen (secondary N) is 1. The molecular formula is C17H26N4O. The largest absolute Gasteiger partial charge is 0.347 e. The molecule has 5 nitrogen and oxygen atoms in total. The van der Waals surface area contributed by atoms with Gasteiger partial charge in [-0.15, -0.1) is 0 Å². The van der Waals surface area contributed by atoms with Gasteiger partial charge in [-0.25, -0.2) is 4.98 Å². The van der Waals surface area contributed by atoms with Crippen LogP contribution in [0.2, 0.25) is 0 Å². The Morgan fingerprint density at radius 3 is 3.00 bits per heavy atom. The van der Waals surface area contributed by atoms with Crippen LogP contribution in [0.4, 0.5) is 0 Å². The third-order valence-electron chi connectivity index (χ3n) is 4.85. The number of hydrogen-bond donors (Lipinski definition) is 1. The van der Waals surface area contributed by atoms with Gasteiger partial charge in [-0.3, -0.25) is 9.69 Å². The molecule has 1 saturated heterocycles. The number of amides is 1. The molecule has 1 amide bonds. The van der Waals surface area contributed by atoms with Crippen LogP contribution in [0.15, 0.2) is 24.0 Å². The highest BCUT2D eigenvalue weighted by molar-refractivity contribution is 5.79. The fourth-order valence-electron chi connectivity index (χ4n) is 3.52. The Kier molecular flexibility index (Phi) is 4.93. The minimum absolute atomic E-state index is 0.193. The van der Waals surface area contributed by atoms with Crippen molar-refractivity contribution in [2.45, 2.75) is 45.1 Å². The quantitative estimate of drug-likeness (QED) is 0.870. The lowest BCUT2D eigenvalue weighted by Gasteiger charge is -2.40. The Morgan fingerprint density at radius 2 is 2.32 bits per heavy atom. The summed E-state index contributed by atoms with van der Waals surface area (Å²) in [6, 6.07) is 0.193. The molecule has 0 bridgehead atoms. The monoisotopic (exact) mass is 302 g/mol. The summed E-state index contributed by atoms with van der Waals surface area (Å²) in [5.74, 6) is 1.25. The van der Waals surface area contributed by atoms with Crippen molar-refractivity contribution < 1.29 is 4.79 Å². The highest BCUT2D eigenvalue weighted by atomic mass is 16.2. The van der Waals surface area contributed by atoms with Crippen LogP contribution in [0.3, 0.4) is 0 Å². The van der Waals surface area contributed by atoms with Crippen LogP contribution in [0.1, 0.15) is 50.9 Å². The van der Waals surface area contributed by atoms with E-state index >= 15 is 0 Å². The van der Waals surface area contributed by atoms with Gasteiger partial charge in [-0.05, 0) is 32.2 Å². The van der Waals surface area contributed by atoms with Crippen LogP contribution in [0, 0.1) is 0 Å². The Morgan fingerprint density at radius 1 is 1.41 bits per heavy atom. The van der Waals surface area contributed by atoms with Crippen molar-refractivity contribution in [3.63, 3.8) is 0 Å². The lowest BCUT2D eigenvalue weighted by Crippen LogP contribution is -2.50. The van der Waals surface area contributed by atoms with Crippen molar-refractivity contribution in [1.82, 2.24) is 19.8 Å². The number of allylic oxidation sites excluding steroid dienone is 1. The highest BCUT2D eigenvalue weighted by Gasteiger charge is 2.31. The number of aromatic nitrogens is 2. The Hall–Kier alpha value is -1.62. The van der Waals surface area contributed by atoms with Gasteiger partial charge in [0.05, 0.1) is 6.04 Å². The second kappa shape index (κ2) is 7.09. The van der Waals surface area contributed by atoms with Crippen LogP contribution >= 0.6 is 0 Å². The van der Waals surface area contributed by atoms with Gasteiger partial charge >= 0.3 is 0 Å². The molecule has 1 aliphatic carbocycles. The molecule has 1 N–H and O–H groups in total. The van der Waals surface area contributed by atoms with E-state index in [4.69, 9.17) is 0 Å². The molecule has 22 heavy (non-hydrogen) atoms. The summed E-state index contributed by atoms with van der Waals surface area (Å²) in [7, 11) is 0. The summed E-state index contributed by atoms with van der Waals surface area (Å²) in [6.07, 6.45) is 11.3. The number of nitrogens with zero attached hydrogens (tertiary/aromatic N) is 3. The Balaban J connectivity index is 1.64. The first kappa shape index (κ1) is 15.3. The topological polar surface area (TPSA) is 52.2 Å². The van der Waals surface area contributed by atoms with Crippen LogP contribution in [-0.2, 0) is 4.79 Å². The number of piperazine rings is 1. The summed E-state index contributed by atoms with van der Waals surface area (Å²) in [5, 5.41) is 0. The van der Waals surface area contributed by atoms with E-state index in [1.807, 2.05) is 11.1 Å². The summed E-state index contributed by atoms with van der Waals surface area (Å²) >= 11 is 0. The smallest absolute Gasteiger partial charge is 0.226 e. The molecule has 5 heteroatoms.